The Kier molecular flexibility index (Phi) is 5.17. The van der Waals surface area contributed by atoms with E-state index in [1.807, 2.05) is 0 Å². The summed E-state index contributed by atoms with van der Waals surface area (Å²) in [7, 11) is 0. The zero-order chi connectivity index (χ0) is 15.1. The summed E-state index contributed by atoms with van der Waals surface area (Å²) in [4.78, 5) is 11.5. The molecule has 0 aliphatic carbocycles. The fourth-order valence-corrected chi connectivity index (χ4v) is 1.66. The van der Waals surface area contributed by atoms with E-state index in [-0.39, 0.29) is 18.3 Å². The molecular weight excluding hydrogens is 292 g/mol. The molecule has 0 aromatic heterocycles. The van der Waals surface area contributed by atoms with Crippen molar-refractivity contribution in [2.45, 2.75) is 0 Å². The van der Waals surface area contributed by atoms with Gasteiger partial charge in [0.2, 0.25) is 0 Å². The number of hydrogen-bond acceptors (Lipinski definition) is 4. The summed E-state index contributed by atoms with van der Waals surface area (Å²) in [5.41, 5.74) is 3.09. The number of aromatic hydroxyl groups is 1. The highest BCUT2D eigenvalue weighted by atomic mass is 35.5. The SMILES string of the molecule is O=C(COc1cccc(Cl)c1)N/N=C\c1ccc(O)cc1. The molecule has 2 N–H and O–H groups in total. The standard InChI is InChI=1S/C15H13ClN2O3/c16-12-2-1-3-14(8-12)21-10-15(20)18-17-9-11-4-6-13(19)7-5-11/h1-9,19H,10H2,(H,18,20)/b17-9-. The van der Waals surface area contributed by atoms with E-state index in [4.69, 9.17) is 21.4 Å². The molecule has 21 heavy (non-hydrogen) atoms. The van der Waals surface area contributed by atoms with Crippen molar-refractivity contribution >= 4 is 23.7 Å². The molecule has 2 rings (SSSR count). The Morgan fingerprint density at radius 2 is 2.05 bits per heavy atom. The Balaban J connectivity index is 1.78. The number of phenols is 1. The Bertz CT molecular complexity index is 642. The van der Waals surface area contributed by atoms with Gasteiger partial charge in [-0.3, -0.25) is 4.79 Å². The molecule has 0 atom stereocenters. The Morgan fingerprint density at radius 1 is 1.29 bits per heavy atom. The van der Waals surface area contributed by atoms with Crippen LogP contribution in [0.5, 0.6) is 11.5 Å². The van der Waals surface area contributed by atoms with Gasteiger partial charge in [0.1, 0.15) is 11.5 Å². The van der Waals surface area contributed by atoms with E-state index < -0.39 is 0 Å². The second-order valence-corrected chi connectivity index (χ2v) is 4.57. The molecule has 108 valence electrons. The smallest absolute Gasteiger partial charge is 0.277 e. The van der Waals surface area contributed by atoms with Gasteiger partial charge in [0.25, 0.3) is 5.91 Å². The molecule has 2 aromatic rings. The summed E-state index contributed by atoms with van der Waals surface area (Å²) in [6.45, 7) is -0.159. The Labute approximate surface area is 126 Å². The molecule has 0 saturated heterocycles. The van der Waals surface area contributed by atoms with Crippen molar-refractivity contribution in [3.05, 3.63) is 59.1 Å². The van der Waals surface area contributed by atoms with Gasteiger partial charge in [-0.2, -0.15) is 5.10 Å². The van der Waals surface area contributed by atoms with E-state index in [0.29, 0.717) is 10.8 Å². The van der Waals surface area contributed by atoms with Gasteiger partial charge in [-0.05, 0) is 48.0 Å². The number of nitrogens with zero attached hydrogens (tertiary/aromatic N) is 1. The van der Waals surface area contributed by atoms with Crippen LogP contribution in [0.3, 0.4) is 0 Å². The number of carbonyl (C=O) groups excluding carboxylic acids is 1. The fourth-order valence-electron chi connectivity index (χ4n) is 1.48. The third-order valence-corrected chi connectivity index (χ3v) is 2.70. The molecule has 0 fully saturated rings. The normalized spacial score (nSPS) is 10.5. The number of benzene rings is 2. The third-order valence-electron chi connectivity index (χ3n) is 2.46. The summed E-state index contributed by atoms with van der Waals surface area (Å²) in [6, 6.07) is 13.2. The van der Waals surface area contributed by atoms with E-state index in [1.165, 1.54) is 18.3 Å². The van der Waals surface area contributed by atoms with Gasteiger partial charge in [0.05, 0.1) is 6.21 Å². The lowest BCUT2D eigenvalue weighted by Crippen LogP contribution is -2.24. The van der Waals surface area contributed by atoms with Crippen molar-refractivity contribution in [1.29, 1.82) is 0 Å². The first-order valence-corrected chi connectivity index (χ1v) is 6.50. The minimum absolute atomic E-state index is 0.159. The maximum Gasteiger partial charge on any atom is 0.277 e. The predicted molar refractivity (Wildman–Crippen MR) is 80.8 cm³/mol. The predicted octanol–water partition coefficient (Wildman–Crippen LogP) is 2.57. The summed E-state index contributed by atoms with van der Waals surface area (Å²) in [5.74, 6) is 0.302. The molecule has 0 unspecified atom stereocenters. The number of phenolic OH excluding ortho intramolecular Hbond substituents is 1. The Hall–Kier alpha value is -2.53. The fraction of sp³-hybridized carbons (Fsp3) is 0.0667. The van der Waals surface area contributed by atoms with Crippen molar-refractivity contribution < 1.29 is 14.6 Å². The molecule has 0 aliphatic rings. The van der Waals surface area contributed by atoms with Gasteiger partial charge < -0.3 is 9.84 Å². The van der Waals surface area contributed by atoms with Crippen LogP contribution >= 0.6 is 11.6 Å². The maximum absolute atomic E-state index is 11.5. The van der Waals surface area contributed by atoms with Gasteiger partial charge in [-0.25, -0.2) is 5.43 Å². The topological polar surface area (TPSA) is 70.9 Å². The highest BCUT2D eigenvalue weighted by Gasteiger charge is 2.01. The van der Waals surface area contributed by atoms with Gasteiger partial charge >= 0.3 is 0 Å². The number of nitrogens with one attached hydrogen (secondary N) is 1. The molecule has 0 bridgehead atoms. The lowest BCUT2D eigenvalue weighted by molar-refractivity contribution is -0.123. The molecule has 0 heterocycles. The van der Waals surface area contributed by atoms with Crippen molar-refractivity contribution in [3.8, 4) is 11.5 Å². The Morgan fingerprint density at radius 3 is 2.76 bits per heavy atom. The number of amides is 1. The number of hydrogen-bond donors (Lipinski definition) is 2. The first-order valence-electron chi connectivity index (χ1n) is 6.13. The molecule has 6 heteroatoms. The van der Waals surface area contributed by atoms with Crippen LogP contribution in [-0.4, -0.2) is 23.8 Å². The molecule has 5 nitrogen and oxygen atoms in total. The van der Waals surface area contributed by atoms with Gasteiger partial charge in [0, 0.05) is 5.02 Å². The van der Waals surface area contributed by atoms with Crippen molar-refractivity contribution in [1.82, 2.24) is 5.43 Å². The minimum atomic E-state index is -0.384. The lowest BCUT2D eigenvalue weighted by atomic mass is 10.2. The number of hydrazone groups is 1. The average molecular weight is 305 g/mol. The molecule has 2 aromatic carbocycles. The number of carbonyl (C=O) groups is 1. The van der Waals surface area contributed by atoms with Crippen LogP contribution in [0, 0.1) is 0 Å². The van der Waals surface area contributed by atoms with E-state index in [0.717, 1.165) is 5.56 Å². The number of rotatable bonds is 5. The highest BCUT2D eigenvalue weighted by Crippen LogP contribution is 2.16. The van der Waals surface area contributed by atoms with Crippen molar-refractivity contribution in [2.24, 2.45) is 5.10 Å². The van der Waals surface area contributed by atoms with Gasteiger partial charge in [-0.15, -0.1) is 0 Å². The van der Waals surface area contributed by atoms with E-state index >= 15 is 0 Å². The van der Waals surface area contributed by atoms with Crippen LogP contribution in [0.2, 0.25) is 5.02 Å². The van der Waals surface area contributed by atoms with Crippen LogP contribution < -0.4 is 10.2 Å². The average Bonchev–Trinajstić information content (AvgIpc) is 2.47. The first-order chi connectivity index (χ1) is 10.1. The van der Waals surface area contributed by atoms with E-state index in [1.54, 1.807) is 36.4 Å². The van der Waals surface area contributed by atoms with Crippen LogP contribution in [-0.2, 0) is 4.79 Å². The third kappa shape index (κ3) is 5.16. The largest absolute Gasteiger partial charge is 0.508 e. The summed E-state index contributed by atoms with van der Waals surface area (Å²) in [5, 5.41) is 13.5. The molecule has 0 saturated carbocycles. The van der Waals surface area contributed by atoms with E-state index in [9.17, 15) is 4.79 Å². The number of ether oxygens (including phenoxy) is 1. The lowest BCUT2D eigenvalue weighted by Gasteiger charge is -2.04. The van der Waals surface area contributed by atoms with Crippen molar-refractivity contribution in [2.75, 3.05) is 6.61 Å². The summed E-state index contributed by atoms with van der Waals surface area (Å²) in [6.07, 6.45) is 1.47. The molecular formula is C15H13ClN2O3. The van der Waals surface area contributed by atoms with Gasteiger partial charge in [0.15, 0.2) is 6.61 Å². The van der Waals surface area contributed by atoms with Crippen LogP contribution in [0.25, 0.3) is 0 Å². The zero-order valence-corrected chi connectivity index (χ0v) is 11.7. The molecule has 0 spiro atoms. The van der Waals surface area contributed by atoms with Crippen molar-refractivity contribution in [3.63, 3.8) is 0 Å². The summed E-state index contributed by atoms with van der Waals surface area (Å²) >= 11 is 5.80. The zero-order valence-electron chi connectivity index (χ0n) is 11.0. The molecule has 0 radical (unpaired) electrons. The maximum atomic E-state index is 11.5. The number of halogens is 1. The highest BCUT2D eigenvalue weighted by molar-refractivity contribution is 6.30. The van der Waals surface area contributed by atoms with Crippen LogP contribution in [0.15, 0.2) is 53.6 Å². The monoisotopic (exact) mass is 304 g/mol. The quantitative estimate of drug-likeness (QED) is 0.659. The molecule has 1 amide bonds. The summed E-state index contributed by atoms with van der Waals surface area (Å²) < 4.78 is 5.26. The minimum Gasteiger partial charge on any atom is -0.508 e. The first kappa shape index (κ1) is 14.9. The van der Waals surface area contributed by atoms with Crippen LogP contribution in [0.4, 0.5) is 0 Å². The van der Waals surface area contributed by atoms with E-state index in [2.05, 4.69) is 10.5 Å². The second kappa shape index (κ2) is 7.31. The molecule has 0 aliphatic heterocycles. The second-order valence-electron chi connectivity index (χ2n) is 4.13. The van der Waals surface area contributed by atoms with Gasteiger partial charge in [-0.1, -0.05) is 17.7 Å². The van der Waals surface area contributed by atoms with Crippen LogP contribution in [0.1, 0.15) is 5.56 Å².